The molecular weight excluding hydrogens is 296 g/mol. The monoisotopic (exact) mass is 326 g/mol. The predicted molar refractivity (Wildman–Crippen MR) is 94.8 cm³/mol. The van der Waals surface area contributed by atoms with E-state index >= 15 is 0 Å². The fourth-order valence-electron chi connectivity index (χ4n) is 2.34. The standard InChI is InChI=1S/C17H30O2SSi/c1-6-21(17(3,4)5)19-14-15(2)12-13-20(18)16-10-8-7-9-11-16/h7-11,15,21H,6,12-14H2,1-5H3/t15-,20-,21?/m0/s1. The Hall–Kier alpha value is -0.453. The van der Waals surface area contributed by atoms with Gasteiger partial charge in [-0.3, -0.25) is 4.21 Å². The van der Waals surface area contributed by atoms with Crippen LogP contribution in [0.5, 0.6) is 0 Å². The zero-order chi connectivity index (χ0) is 15.9. The van der Waals surface area contributed by atoms with Gasteiger partial charge in [0.15, 0.2) is 9.04 Å². The average molecular weight is 327 g/mol. The summed E-state index contributed by atoms with van der Waals surface area (Å²) in [6.07, 6.45) is 0.955. The maximum absolute atomic E-state index is 12.2. The highest BCUT2D eigenvalue weighted by molar-refractivity contribution is 7.85. The van der Waals surface area contributed by atoms with Crippen molar-refractivity contribution in [3.63, 3.8) is 0 Å². The third kappa shape index (κ3) is 6.89. The van der Waals surface area contributed by atoms with Gasteiger partial charge in [0.2, 0.25) is 0 Å². The van der Waals surface area contributed by atoms with Gasteiger partial charge in [-0.15, -0.1) is 0 Å². The van der Waals surface area contributed by atoms with Gasteiger partial charge in [-0.2, -0.15) is 0 Å². The van der Waals surface area contributed by atoms with Crippen molar-refractivity contribution in [1.29, 1.82) is 0 Å². The van der Waals surface area contributed by atoms with E-state index in [9.17, 15) is 4.21 Å². The molecule has 0 aliphatic heterocycles. The maximum Gasteiger partial charge on any atom is 0.181 e. The fraction of sp³-hybridized carbons (Fsp3) is 0.647. The first-order chi connectivity index (χ1) is 9.84. The first kappa shape index (κ1) is 18.6. The van der Waals surface area contributed by atoms with Crippen LogP contribution in [0, 0.1) is 5.92 Å². The van der Waals surface area contributed by atoms with E-state index in [0.29, 0.717) is 11.0 Å². The molecule has 1 aromatic rings. The van der Waals surface area contributed by atoms with Crippen LogP contribution in [0.25, 0.3) is 0 Å². The van der Waals surface area contributed by atoms with Crippen LogP contribution in [0.2, 0.25) is 11.1 Å². The van der Waals surface area contributed by atoms with Crippen molar-refractivity contribution in [2.45, 2.75) is 57.0 Å². The van der Waals surface area contributed by atoms with Gasteiger partial charge in [0.05, 0.1) is 10.8 Å². The van der Waals surface area contributed by atoms with Gasteiger partial charge in [-0.1, -0.05) is 52.8 Å². The Morgan fingerprint density at radius 3 is 2.38 bits per heavy atom. The molecular formula is C17H30O2SSi. The second-order valence-electron chi connectivity index (χ2n) is 6.85. The Labute approximate surface area is 134 Å². The molecule has 0 aliphatic carbocycles. The van der Waals surface area contributed by atoms with Crippen molar-refractivity contribution in [1.82, 2.24) is 0 Å². The Morgan fingerprint density at radius 1 is 1.24 bits per heavy atom. The summed E-state index contributed by atoms with van der Waals surface area (Å²) in [5.41, 5.74) is 0. The summed E-state index contributed by atoms with van der Waals surface area (Å²) in [5.74, 6) is 1.20. The second-order valence-corrected chi connectivity index (χ2v) is 12.3. The molecule has 0 aliphatic rings. The van der Waals surface area contributed by atoms with Crippen molar-refractivity contribution >= 4 is 19.8 Å². The minimum Gasteiger partial charge on any atom is -0.419 e. The number of hydrogen-bond donors (Lipinski definition) is 0. The van der Waals surface area contributed by atoms with E-state index in [4.69, 9.17) is 4.43 Å². The Kier molecular flexibility index (Phi) is 7.85. The van der Waals surface area contributed by atoms with Gasteiger partial charge < -0.3 is 4.43 Å². The molecule has 1 unspecified atom stereocenters. The van der Waals surface area contributed by atoms with Crippen LogP contribution in [0.1, 0.15) is 41.0 Å². The van der Waals surface area contributed by atoms with Gasteiger partial charge in [0.1, 0.15) is 0 Å². The molecule has 0 saturated heterocycles. The van der Waals surface area contributed by atoms with E-state index < -0.39 is 19.8 Å². The van der Waals surface area contributed by atoms with E-state index in [-0.39, 0.29) is 0 Å². The lowest BCUT2D eigenvalue weighted by Gasteiger charge is -2.29. The van der Waals surface area contributed by atoms with Crippen molar-refractivity contribution in [2.24, 2.45) is 5.92 Å². The smallest absolute Gasteiger partial charge is 0.181 e. The normalized spacial score (nSPS) is 16.4. The third-order valence-corrected chi connectivity index (χ3v) is 8.39. The number of hydrogen-bond acceptors (Lipinski definition) is 2. The third-order valence-electron chi connectivity index (χ3n) is 3.72. The van der Waals surface area contributed by atoms with Gasteiger partial charge >= 0.3 is 0 Å². The molecule has 0 heterocycles. The number of rotatable bonds is 8. The Balaban J connectivity index is 2.34. The maximum atomic E-state index is 12.2. The quantitative estimate of drug-likeness (QED) is 0.663. The van der Waals surface area contributed by atoms with E-state index in [1.54, 1.807) is 0 Å². The topological polar surface area (TPSA) is 26.3 Å². The van der Waals surface area contributed by atoms with Crippen molar-refractivity contribution in [3.05, 3.63) is 30.3 Å². The summed E-state index contributed by atoms with van der Waals surface area (Å²) in [5, 5.41) is 0.321. The summed E-state index contributed by atoms with van der Waals surface area (Å²) < 4.78 is 18.4. The van der Waals surface area contributed by atoms with E-state index in [1.165, 1.54) is 6.04 Å². The summed E-state index contributed by atoms with van der Waals surface area (Å²) in [6.45, 7) is 12.1. The molecule has 0 amide bonds. The molecule has 1 rings (SSSR count). The highest BCUT2D eigenvalue weighted by Gasteiger charge is 2.26. The molecule has 2 nitrogen and oxygen atoms in total. The summed E-state index contributed by atoms with van der Waals surface area (Å²) >= 11 is 0. The molecule has 0 radical (unpaired) electrons. The molecule has 3 atom stereocenters. The summed E-state index contributed by atoms with van der Waals surface area (Å²) in [4.78, 5) is 0.932. The van der Waals surface area contributed by atoms with Gasteiger partial charge in [0.25, 0.3) is 0 Å². The largest absolute Gasteiger partial charge is 0.419 e. The molecule has 0 fully saturated rings. The van der Waals surface area contributed by atoms with Crippen molar-refractivity contribution in [3.8, 4) is 0 Å². The minimum absolute atomic E-state index is 0.321. The molecule has 21 heavy (non-hydrogen) atoms. The SMILES string of the molecule is CC[SiH](OC[C@@H](C)CC[S@](=O)c1ccccc1)C(C)(C)C. The lowest BCUT2D eigenvalue weighted by atomic mass is 10.1. The van der Waals surface area contributed by atoms with Crippen LogP contribution in [-0.2, 0) is 15.2 Å². The number of benzene rings is 1. The summed E-state index contributed by atoms with van der Waals surface area (Å²) in [7, 11) is -2.02. The first-order valence-corrected chi connectivity index (χ1v) is 11.1. The average Bonchev–Trinajstić information content (AvgIpc) is 2.45. The Bertz CT molecular complexity index is 428. The molecule has 1 aromatic carbocycles. The van der Waals surface area contributed by atoms with Crippen LogP contribution in [0.15, 0.2) is 35.2 Å². The minimum atomic E-state index is -1.14. The Morgan fingerprint density at radius 2 is 1.86 bits per heavy atom. The van der Waals surface area contributed by atoms with Crippen LogP contribution >= 0.6 is 0 Å². The fourth-order valence-corrected chi connectivity index (χ4v) is 6.18. The van der Waals surface area contributed by atoms with E-state index in [2.05, 4.69) is 34.6 Å². The lowest BCUT2D eigenvalue weighted by molar-refractivity contribution is 0.245. The molecule has 0 N–H and O–H groups in total. The first-order valence-electron chi connectivity index (χ1n) is 7.89. The molecule has 0 saturated carbocycles. The van der Waals surface area contributed by atoms with Crippen molar-refractivity contribution < 1.29 is 8.63 Å². The molecule has 4 heteroatoms. The van der Waals surface area contributed by atoms with Crippen LogP contribution < -0.4 is 0 Å². The van der Waals surface area contributed by atoms with E-state index in [0.717, 1.165) is 23.7 Å². The lowest BCUT2D eigenvalue weighted by Crippen LogP contribution is -2.30. The second kappa shape index (κ2) is 8.86. The van der Waals surface area contributed by atoms with Crippen LogP contribution in [0.4, 0.5) is 0 Å². The molecule has 0 spiro atoms. The van der Waals surface area contributed by atoms with E-state index in [1.807, 2.05) is 30.3 Å². The molecule has 120 valence electrons. The van der Waals surface area contributed by atoms with Crippen molar-refractivity contribution in [2.75, 3.05) is 12.4 Å². The van der Waals surface area contributed by atoms with Gasteiger partial charge in [-0.05, 0) is 35.6 Å². The molecule has 0 aromatic heterocycles. The summed E-state index contributed by atoms with van der Waals surface area (Å²) in [6, 6.07) is 10.9. The van der Waals surface area contributed by atoms with Crippen LogP contribution in [-0.4, -0.2) is 25.6 Å². The van der Waals surface area contributed by atoms with Gasteiger partial charge in [-0.25, -0.2) is 0 Å². The van der Waals surface area contributed by atoms with Crippen LogP contribution in [0.3, 0.4) is 0 Å². The zero-order valence-electron chi connectivity index (χ0n) is 14.1. The zero-order valence-corrected chi connectivity index (χ0v) is 16.1. The highest BCUT2D eigenvalue weighted by Crippen LogP contribution is 2.30. The predicted octanol–water partition coefficient (Wildman–Crippen LogP) is 4.38. The van der Waals surface area contributed by atoms with Gasteiger partial charge in [0, 0.05) is 17.3 Å². The molecule has 0 bridgehead atoms. The highest BCUT2D eigenvalue weighted by atomic mass is 32.2.